The molecule has 67 heavy (non-hydrogen) atoms. The van der Waals surface area contributed by atoms with Gasteiger partial charge in [0.1, 0.15) is 41.5 Å². The van der Waals surface area contributed by atoms with Crippen molar-refractivity contribution in [3.8, 4) is 0 Å². The Balaban J connectivity index is 1.15. The van der Waals surface area contributed by atoms with Crippen LogP contribution in [-0.2, 0) is 52.2 Å². The monoisotopic (exact) mass is 944 g/mol. The quantitative estimate of drug-likeness (QED) is 0.105. The molecule has 6 aliphatic heterocycles. The first-order chi connectivity index (χ1) is 31.9. The molecule has 15 heteroatoms. The van der Waals surface area contributed by atoms with Crippen molar-refractivity contribution in [2.45, 2.75) is 204 Å². The van der Waals surface area contributed by atoms with Gasteiger partial charge in [0.05, 0.1) is 49.3 Å². The van der Waals surface area contributed by atoms with Crippen LogP contribution in [0.3, 0.4) is 0 Å². The number of aliphatic hydroxyl groups excluding tert-OH is 1. The van der Waals surface area contributed by atoms with Crippen molar-refractivity contribution >= 4 is 5.97 Å². The lowest BCUT2D eigenvalue weighted by atomic mass is 9.71. The molecular weight excluding hydrogens is 863 g/mol. The van der Waals surface area contributed by atoms with Gasteiger partial charge >= 0.3 is 5.97 Å². The van der Waals surface area contributed by atoms with Crippen LogP contribution < -0.4 is 5.32 Å². The smallest absolute Gasteiger partial charge is 0.316 e. The average Bonchev–Trinajstić information content (AvgIpc) is 3.64. The van der Waals surface area contributed by atoms with Crippen molar-refractivity contribution in [1.29, 1.82) is 0 Å². The van der Waals surface area contributed by atoms with Crippen LogP contribution in [0.25, 0.3) is 0 Å². The highest BCUT2D eigenvalue weighted by Crippen LogP contribution is 2.47. The number of nitrogens with one attached hydrogen (secondary N) is 1. The molecule has 1 unspecified atom stereocenters. The predicted molar refractivity (Wildman–Crippen MR) is 249 cm³/mol. The number of ether oxygens (including phenoxy) is 10. The van der Waals surface area contributed by atoms with Crippen LogP contribution in [0.1, 0.15) is 107 Å². The Morgan fingerprint density at radius 3 is 2.40 bits per heavy atom. The first-order valence-electron chi connectivity index (χ1n) is 25.0. The van der Waals surface area contributed by atoms with Crippen molar-refractivity contribution < 1.29 is 67.5 Å². The normalized spacial score (nSPS) is 47.5. The van der Waals surface area contributed by atoms with Crippen LogP contribution >= 0.6 is 0 Å². The summed E-state index contributed by atoms with van der Waals surface area (Å²) in [5, 5.41) is 38.8. The summed E-state index contributed by atoms with van der Waals surface area (Å²) < 4.78 is 64.7. The minimum Gasteiger partial charge on any atom is -0.462 e. The Morgan fingerprint density at radius 2 is 1.69 bits per heavy atom. The van der Waals surface area contributed by atoms with Gasteiger partial charge < -0.3 is 68.0 Å². The number of carbonyl (C=O) groups is 1. The third-order valence-electron chi connectivity index (χ3n) is 15.7. The highest BCUT2D eigenvalue weighted by atomic mass is 16.7. The first kappa shape index (κ1) is 52.5. The largest absolute Gasteiger partial charge is 0.462 e. The second-order valence-electron chi connectivity index (χ2n) is 20.5. The summed E-state index contributed by atoms with van der Waals surface area (Å²) in [7, 11) is 3.26. The Bertz CT molecular complexity index is 1850. The molecule has 7 aliphatic rings. The number of fused-ring (bicyclic) bond motifs is 2. The van der Waals surface area contributed by atoms with Crippen molar-refractivity contribution in [3.05, 3.63) is 59.3 Å². The lowest BCUT2D eigenvalue weighted by Crippen LogP contribution is -2.64. The van der Waals surface area contributed by atoms with E-state index in [0.717, 1.165) is 25.0 Å². The molecule has 378 valence electrons. The summed E-state index contributed by atoms with van der Waals surface area (Å²) in [4.78, 5) is 14.4. The van der Waals surface area contributed by atoms with E-state index < -0.39 is 102 Å². The molecule has 0 amide bonds. The van der Waals surface area contributed by atoms with Crippen LogP contribution in [0.2, 0.25) is 0 Å². The summed E-state index contributed by atoms with van der Waals surface area (Å²) in [6.07, 6.45) is 9.84. The number of esters is 1. The third kappa shape index (κ3) is 10.9. The molecule has 0 aromatic heterocycles. The van der Waals surface area contributed by atoms with Gasteiger partial charge in [0, 0.05) is 58.3 Å². The van der Waals surface area contributed by atoms with E-state index in [1.807, 2.05) is 39.0 Å². The lowest BCUT2D eigenvalue weighted by molar-refractivity contribution is -0.331. The Kier molecular flexibility index (Phi) is 17.2. The van der Waals surface area contributed by atoms with E-state index >= 15 is 0 Å². The fraction of sp³-hybridized carbons (Fsp3) is 0.788. The van der Waals surface area contributed by atoms with Gasteiger partial charge in [-0.25, -0.2) is 0 Å². The van der Waals surface area contributed by atoms with Crippen LogP contribution in [0.15, 0.2) is 59.3 Å². The number of rotatable bonds is 12. The van der Waals surface area contributed by atoms with Gasteiger partial charge in [-0.1, -0.05) is 77.5 Å². The number of carbonyl (C=O) groups excluding carboxylic acids is 1. The van der Waals surface area contributed by atoms with Crippen LogP contribution in [0.5, 0.6) is 0 Å². The van der Waals surface area contributed by atoms with Gasteiger partial charge in [-0.3, -0.25) is 4.79 Å². The standard InChI is InChI=1S/C52H81NO14/c1-12-21-53-28-51(56)35(9)62-43(25-41(51)59-11)65-47-34(8)61-42(24-40(47)58-10)64-45-30(4)15-14-16-36-27-60-48-44(54)33(7)22-39(52(36,48)57)49(55)63-38-23-37(18-17-31(45)5)66-50(26-38)20-19-32(6)46(67-50)29(3)13-2/h14-17,19-20,22,29-30,32,34-35,37-48,53-54,56-57H,12-13,18,21,23-28H2,1-11H3/b15-14+,31-17+,36-16-/t29?,30-,32-,34-,35-,37+,38-,39-,40-,41-,42-,43-,44+,45-,46+,47-,48+,50+,51+,52+/m0/s1. The molecular formula is C52H81NO14. The molecule has 7 rings (SSSR count). The highest BCUT2D eigenvalue weighted by molar-refractivity contribution is 5.78. The molecule has 0 aromatic rings. The maximum atomic E-state index is 14.4. The first-order valence-corrected chi connectivity index (χ1v) is 25.0. The molecule has 4 fully saturated rings. The number of methoxy groups -OCH3 is 2. The van der Waals surface area contributed by atoms with Crippen molar-refractivity contribution in [2.75, 3.05) is 33.9 Å². The SMILES string of the molecule is CCCNC[C@@]1(O)[C@H](C)O[C@@H](O[C@H]2[C@H](C)O[C@@H](O[C@@H]3/C(C)=C/C[C@@H]4C[C@@H](C[C@]5(C=C[C@H](C)[C@@H](C(C)CC)O5)O4)OC(=O)[C@@H]4C=C(C)[C@@H](O)[C@H]5OC/C(=C/C=C/[C@@H]3C)[C@]54O)C[C@@H]2OC)C[C@@H]1OC. The predicted octanol–water partition coefficient (Wildman–Crippen LogP) is 5.75. The molecule has 6 heterocycles. The molecule has 0 aromatic carbocycles. The van der Waals surface area contributed by atoms with Crippen molar-refractivity contribution in [2.24, 2.45) is 23.7 Å². The van der Waals surface area contributed by atoms with Crippen molar-refractivity contribution in [3.63, 3.8) is 0 Å². The van der Waals surface area contributed by atoms with Gasteiger partial charge in [-0.2, -0.15) is 0 Å². The van der Waals surface area contributed by atoms with E-state index in [0.29, 0.717) is 49.8 Å². The molecule has 2 bridgehead atoms. The average molecular weight is 944 g/mol. The summed E-state index contributed by atoms with van der Waals surface area (Å²) in [6.45, 7) is 19.3. The van der Waals surface area contributed by atoms with Gasteiger partial charge in [-0.05, 0) is 75.8 Å². The number of hydrogen-bond donors (Lipinski definition) is 4. The zero-order valence-electron chi connectivity index (χ0n) is 41.8. The summed E-state index contributed by atoms with van der Waals surface area (Å²) >= 11 is 0. The second-order valence-corrected chi connectivity index (χ2v) is 20.5. The second kappa shape index (κ2) is 22.0. The summed E-state index contributed by atoms with van der Waals surface area (Å²) in [5.74, 6) is -2.59. The summed E-state index contributed by atoms with van der Waals surface area (Å²) in [6, 6.07) is 0. The molecule has 15 nitrogen and oxygen atoms in total. The van der Waals surface area contributed by atoms with Crippen LogP contribution in [0, 0.1) is 23.7 Å². The van der Waals surface area contributed by atoms with E-state index in [2.05, 4.69) is 52.1 Å². The van der Waals surface area contributed by atoms with Crippen LogP contribution in [0.4, 0.5) is 0 Å². The minimum absolute atomic E-state index is 0.0282. The number of hydrogen-bond acceptors (Lipinski definition) is 15. The van der Waals surface area contributed by atoms with Gasteiger partial charge in [0.25, 0.3) is 0 Å². The van der Waals surface area contributed by atoms with E-state index in [4.69, 9.17) is 47.4 Å². The zero-order chi connectivity index (χ0) is 48.4. The molecule has 20 atom stereocenters. The van der Waals surface area contributed by atoms with E-state index in [1.165, 1.54) is 0 Å². The van der Waals surface area contributed by atoms with Crippen LogP contribution in [-0.4, -0.2) is 152 Å². The molecule has 0 radical (unpaired) electrons. The zero-order valence-corrected chi connectivity index (χ0v) is 41.8. The lowest BCUT2D eigenvalue weighted by Gasteiger charge is -2.48. The molecule has 4 saturated heterocycles. The minimum atomic E-state index is -1.84. The molecule has 1 aliphatic carbocycles. The molecule has 4 N–H and O–H groups in total. The fourth-order valence-corrected chi connectivity index (χ4v) is 11.4. The van der Waals surface area contributed by atoms with E-state index in [9.17, 15) is 20.1 Å². The fourth-order valence-electron chi connectivity index (χ4n) is 11.4. The number of aliphatic hydroxyl groups is 3. The Morgan fingerprint density at radius 1 is 0.925 bits per heavy atom. The maximum absolute atomic E-state index is 14.4. The van der Waals surface area contributed by atoms with Crippen molar-refractivity contribution in [1.82, 2.24) is 5.32 Å². The number of allylic oxidation sites excluding steroid dienone is 2. The van der Waals surface area contributed by atoms with E-state index in [1.54, 1.807) is 33.3 Å². The van der Waals surface area contributed by atoms with Gasteiger partial charge in [0.2, 0.25) is 0 Å². The Hall–Kier alpha value is -2.35. The molecule has 0 saturated carbocycles. The third-order valence-corrected chi connectivity index (χ3v) is 15.7. The maximum Gasteiger partial charge on any atom is 0.316 e. The van der Waals surface area contributed by atoms with E-state index in [-0.39, 0.29) is 30.5 Å². The molecule has 1 spiro atoms. The highest BCUT2D eigenvalue weighted by Gasteiger charge is 2.60. The Labute approximate surface area is 398 Å². The summed E-state index contributed by atoms with van der Waals surface area (Å²) in [5.41, 5.74) is -1.11. The van der Waals surface area contributed by atoms with Gasteiger partial charge in [-0.15, -0.1) is 0 Å². The topological polar surface area (TPSA) is 182 Å². The van der Waals surface area contributed by atoms with Gasteiger partial charge in [0.15, 0.2) is 18.4 Å².